The normalized spacial score (nSPS) is 13.7. The van der Waals surface area contributed by atoms with Crippen molar-refractivity contribution in [2.24, 2.45) is 7.05 Å². The molecule has 0 amide bonds. The molecule has 0 saturated carbocycles. The molecule has 126 valence electrons. The molecule has 0 aliphatic heterocycles. The SMILES string of the molecule is C/C(Cl)=C\Cn1c(SCC(O)CCl)nc2c1c(=O)[nH]c(=O)n2C. The van der Waals surface area contributed by atoms with Gasteiger partial charge < -0.3 is 9.67 Å². The summed E-state index contributed by atoms with van der Waals surface area (Å²) < 4.78 is 2.93. The van der Waals surface area contributed by atoms with Gasteiger partial charge in [-0.1, -0.05) is 29.4 Å². The monoisotopic (exact) mass is 378 g/mol. The molecule has 1 unspecified atom stereocenters. The van der Waals surface area contributed by atoms with Crippen molar-refractivity contribution >= 4 is 46.1 Å². The van der Waals surface area contributed by atoms with Crippen LogP contribution in [0.25, 0.3) is 11.2 Å². The van der Waals surface area contributed by atoms with Crippen molar-refractivity contribution in [2.75, 3.05) is 11.6 Å². The number of hydrogen-bond donors (Lipinski definition) is 2. The number of aromatic nitrogens is 4. The van der Waals surface area contributed by atoms with E-state index in [9.17, 15) is 14.7 Å². The third-order valence-electron chi connectivity index (χ3n) is 3.11. The van der Waals surface area contributed by atoms with Crippen LogP contribution >= 0.6 is 35.0 Å². The van der Waals surface area contributed by atoms with Crippen LogP contribution in [-0.2, 0) is 13.6 Å². The van der Waals surface area contributed by atoms with E-state index in [4.69, 9.17) is 23.2 Å². The lowest BCUT2D eigenvalue weighted by Crippen LogP contribution is -2.29. The van der Waals surface area contributed by atoms with Crippen LogP contribution in [0, 0.1) is 0 Å². The zero-order valence-electron chi connectivity index (χ0n) is 12.5. The number of rotatable bonds is 6. The Kier molecular flexibility index (Phi) is 5.96. The van der Waals surface area contributed by atoms with Crippen LogP contribution < -0.4 is 11.2 Å². The van der Waals surface area contributed by atoms with Crippen molar-refractivity contribution in [3.8, 4) is 0 Å². The molecule has 2 aromatic heterocycles. The average molecular weight is 379 g/mol. The molecule has 2 N–H and O–H groups in total. The molecular weight excluding hydrogens is 363 g/mol. The molecule has 0 aromatic carbocycles. The second-order valence-electron chi connectivity index (χ2n) is 4.91. The summed E-state index contributed by atoms with van der Waals surface area (Å²) >= 11 is 12.7. The van der Waals surface area contributed by atoms with Crippen LogP contribution in [0.4, 0.5) is 0 Å². The topological polar surface area (TPSA) is 92.9 Å². The fourth-order valence-corrected chi connectivity index (χ4v) is 3.17. The predicted octanol–water partition coefficient (Wildman–Crippen LogP) is 1.26. The molecule has 7 nitrogen and oxygen atoms in total. The number of imidazole rings is 1. The largest absolute Gasteiger partial charge is 0.391 e. The zero-order chi connectivity index (χ0) is 17.1. The van der Waals surface area contributed by atoms with Gasteiger partial charge in [-0.2, -0.15) is 0 Å². The lowest BCUT2D eigenvalue weighted by Gasteiger charge is -2.08. The number of aliphatic hydroxyl groups is 1. The standard InChI is InChI=1S/C13H16Cl2N4O3S/c1-7(15)3-4-19-9-10(18(2)12(22)17-11(9)21)16-13(19)23-6-8(20)5-14/h3,8,20H,4-6H2,1-2H3,(H,17,21,22)/b7-3+. The van der Waals surface area contributed by atoms with Gasteiger partial charge in [0.2, 0.25) is 0 Å². The number of nitrogens with one attached hydrogen (secondary N) is 1. The Hall–Kier alpha value is -1.22. The lowest BCUT2D eigenvalue weighted by atomic mass is 10.4. The number of aromatic amines is 1. The van der Waals surface area contributed by atoms with Gasteiger partial charge in [-0.3, -0.25) is 14.3 Å². The van der Waals surface area contributed by atoms with Gasteiger partial charge in [0.1, 0.15) is 0 Å². The maximum atomic E-state index is 12.2. The van der Waals surface area contributed by atoms with Gasteiger partial charge >= 0.3 is 5.69 Å². The summed E-state index contributed by atoms with van der Waals surface area (Å²) in [5, 5.41) is 10.7. The highest BCUT2D eigenvalue weighted by Gasteiger charge is 2.18. The third kappa shape index (κ3) is 4.00. The summed E-state index contributed by atoms with van der Waals surface area (Å²) in [5.41, 5.74) is -0.485. The quantitative estimate of drug-likeness (QED) is 0.582. The van der Waals surface area contributed by atoms with Crippen molar-refractivity contribution < 1.29 is 5.11 Å². The van der Waals surface area contributed by atoms with Crippen molar-refractivity contribution in [1.82, 2.24) is 19.1 Å². The van der Waals surface area contributed by atoms with Crippen LogP contribution in [0.15, 0.2) is 25.9 Å². The van der Waals surface area contributed by atoms with E-state index in [0.717, 1.165) is 0 Å². The summed E-state index contributed by atoms with van der Waals surface area (Å²) in [6.07, 6.45) is 1.04. The minimum atomic E-state index is -0.692. The molecule has 10 heteroatoms. The van der Waals surface area contributed by atoms with Crippen LogP contribution in [0.2, 0.25) is 0 Å². The van der Waals surface area contributed by atoms with E-state index < -0.39 is 17.4 Å². The fraction of sp³-hybridized carbons (Fsp3) is 0.462. The average Bonchev–Trinajstić information content (AvgIpc) is 2.87. The first-order valence-electron chi connectivity index (χ1n) is 6.73. The molecule has 2 rings (SSSR count). The number of nitrogens with zero attached hydrogens (tertiary/aromatic N) is 3. The number of thioether (sulfide) groups is 1. The van der Waals surface area contributed by atoms with E-state index in [0.29, 0.717) is 22.5 Å². The summed E-state index contributed by atoms with van der Waals surface area (Å²) in [4.78, 5) is 30.5. The number of fused-ring (bicyclic) bond motifs is 1. The van der Waals surface area contributed by atoms with Gasteiger partial charge in [0.25, 0.3) is 5.56 Å². The van der Waals surface area contributed by atoms with Gasteiger partial charge in [0.15, 0.2) is 16.3 Å². The Labute approximate surface area is 145 Å². The van der Waals surface area contributed by atoms with Crippen molar-refractivity contribution in [1.29, 1.82) is 0 Å². The molecule has 0 fully saturated rings. The summed E-state index contributed by atoms with van der Waals surface area (Å²) in [6, 6.07) is 0. The Morgan fingerprint density at radius 2 is 2.22 bits per heavy atom. The number of halogens is 2. The first kappa shape index (κ1) is 18.1. The first-order chi connectivity index (χ1) is 10.8. The molecular formula is C13H16Cl2N4O3S. The van der Waals surface area contributed by atoms with Crippen LogP contribution in [-0.4, -0.2) is 41.9 Å². The Bertz CT molecular complexity index is 851. The fourth-order valence-electron chi connectivity index (χ4n) is 1.93. The van der Waals surface area contributed by atoms with E-state index >= 15 is 0 Å². The molecule has 0 aliphatic rings. The van der Waals surface area contributed by atoms with Crippen LogP contribution in [0.1, 0.15) is 6.92 Å². The number of aryl methyl sites for hydroxylation is 1. The molecule has 0 spiro atoms. The lowest BCUT2D eigenvalue weighted by molar-refractivity contribution is 0.223. The van der Waals surface area contributed by atoms with E-state index in [1.807, 2.05) is 0 Å². The third-order valence-corrected chi connectivity index (χ3v) is 4.74. The van der Waals surface area contributed by atoms with E-state index in [1.165, 1.54) is 23.4 Å². The second-order valence-corrected chi connectivity index (χ2v) is 6.80. The minimum absolute atomic E-state index is 0.104. The molecule has 0 saturated heterocycles. The van der Waals surface area contributed by atoms with Gasteiger partial charge in [-0.15, -0.1) is 11.6 Å². The van der Waals surface area contributed by atoms with E-state index in [-0.39, 0.29) is 17.0 Å². The van der Waals surface area contributed by atoms with E-state index in [1.54, 1.807) is 17.6 Å². The number of allylic oxidation sites excluding steroid dienone is 2. The van der Waals surface area contributed by atoms with Crippen LogP contribution in [0.5, 0.6) is 0 Å². The summed E-state index contributed by atoms with van der Waals surface area (Å²) in [7, 11) is 1.53. The summed E-state index contributed by atoms with van der Waals surface area (Å²) in [6.45, 7) is 2.05. The second kappa shape index (κ2) is 7.57. The number of alkyl halides is 1. The van der Waals surface area contributed by atoms with E-state index in [2.05, 4.69) is 9.97 Å². The Morgan fingerprint density at radius 3 is 2.83 bits per heavy atom. The molecule has 0 radical (unpaired) electrons. The summed E-state index contributed by atoms with van der Waals surface area (Å²) in [5.74, 6) is 0.426. The maximum Gasteiger partial charge on any atom is 0.329 e. The molecule has 2 aromatic rings. The highest BCUT2D eigenvalue weighted by Crippen LogP contribution is 2.22. The number of H-pyrrole nitrogens is 1. The molecule has 1 atom stereocenters. The van der Waals surface area contributed by atoms with Crippen LogP contribution in [0.3, 0.4) is 0 Å². The highest BCUT2D eigenvalue weighted by atomic mass is 35.5. The molecule has 23 heavy (non-hydrogen) atoms. The van der Waals surface area contributed by atoms with Crippen molar-refractivity contribution in [3.05, 3.63) is 31.9 Å². The van der Waals surface area contributed by atoms with Crippen molar-refractivity contribution in [3.63, 3.8) is 0 Å². The van der Waals surface area contributed by atoms with Gasteiger partial charge in [-0.25, -0.2) is 9.78 Å². The molecule has 2 heterocycles. The molecule has 0 bridgehead atoms. The first-order valence-corrected chi connectivity index (χ1v) is 8.63. The zero-order valence-corrected chi connectivity index (χ0v) is 14.9. The predicted molar refractivity (Wildman–Crippen MR) is 92.7 cm³/mol. The Balaban J connectivity index is 2.60. The minimum Gasteiger partial charge on any atom is -0.391 e. The number of aliphatic hydroxyl groups excluding tert-OH is 1. The van der Waals surface area contributed by atoms with Gasteiger partial charge in [0, 0.05) is 30.3 Å². The van der Waals surface area contributed by atoms with Crippen molar-refractivity contribution in [2.45, 2.75) is 24.7 Å². The van der Waals surface area contributed by atoms with Gasteiger partial charge in [-0.05, 0) is 6.92 Å². The highest BCUT2D eigenvalue weighted by molar-refractivity contribution is 7.99. The smallest absolute Gasteiger partial charge is 0.329 e. The Morgan fingerprint density at radius 1 is 1.52 bits per heavy atom. The maximum absolute atomic E-state index is 12.2. The number of hydrogen-bond acceptors (Lipinski definition) is 5. The van der Waals surface area contributed by atoms with Gasteiger partial charge in [0.05, 0.1) is 6.10 Å². The molecule has 0 aliphatic carbocycles.